The van der Waals surface area contributed by atoms with Gasteiger partial charge in [-0.1, -0.05) is 36.0 Å². The van der Waals surface area contributed by atoms with Gasteiger partial charge in [0.05, 0.1) is 16.3 Å². The summed E-state index contributed by atoms with van der Waals surface area (Å²) in [6.07, 6.45) is 0. The van der Waals surface area contributed by atoms with Crippen molar-refractivity contribution in [3.05, 3.63) is 66.5 Å². The Morgan fingerprint density at radius 1 is 1.08 bits per heavy atom. The van der Waals surface area contributed by atoms with E-state index in [4.69, 9.17) is 0 Å². The number of para-hydroxylation sites is 1. The van der Waals surface area contributed by atoms with Crippen molar-refractivity contribution in [3.63, 3.8) is 0 Å². The summed E-state index contributed by atoms with van der Waals surface area (Å²) in [4.78, 5) is 18.7. The van der Waals surface area contributed by atoms with Gasteiger partial charge in [-0.15, -0.1) is 0 Å². The summed E-state index contributed by atoms with van der Waals surface area (Å²) in [5.74, 6) is -0.0441. The SMILES string of the molecule is CCN(C(=O)CSc1ccc2ccccc2n1)c1ccc(F)cc1. The highest BCUT2D eigenvalue weighted by Gasteiger charge is 2.14. The lowest BCUT2D eigenvalue weighted by molar-refractivity contribution is -0.116. The topological polar surface area (TPSA) is 33.2 Å². The normalized spacial score (nSPS) is 10.8. The Bertz CT molecular complexity index is 851. The molecule has 0 fully saturated rings. The van der Waals surface area contributed by atoms with E-state index in [1.165, 1.54) is 23.9 Å². The molecular weight excluding hydrogens is 323 g/mol. The van der Waals surface area contributed by atoms with Crippen LogP contribution in [-0.2, 0) is 4.79 Å². The molecule has 1 aromatic heterocycles. The third kappa shape index (κ3) is 3.74. The highest BCUT2D eigenvalue weighted by molar-refractivity contribution is 7.99. The van der Waals surface area contributed by atoms with Crippen molar-refractivity contribution in [2.75, 3.05) is 17.2 Å². The molecule has 0 aliphatic rings. The van der Waals surface area contributed by atoms with Gasteiger partial charge in [0.25, 0.3) is 0 Å². The number of carbonyl (C=O) groups excluding carboxylic acids is 1. The van der Waals surface area contributed by atoms with Crippen LogP contribution in [-0.4, -0.2) is 23.2 Å². The quantitative estimate of drug-likeness (QED) is 0.640. The molecule has 2 aromatic carbocycles. The fourth-order valence-corrected chi connectivity index (χ4v) is 3.22. The minimum Gasteiger partial charge on any atom is -0.312 e. The number of pyridine rings is 1. The average Bonchev–Trinajstić information content (AvgIpc) is 2.62. The van der Waals surface area contributed by atoms with Crippen LogP contribution in [0.1, 0.15) is 6.92 Å². The Morgan fingerprint density at radius 3 is 2.58 bits per heavy atom. The number of fused-ring (bicyclic) bond motifs is 1. The molecule has 0 atom stereocenters. The summed E-state index contributed by atoms with van der Waals surface area (Å²) in [5.41, 5.74) is 1.62. The molecule has 0 saturated carbocycles. The number of carbonyl (C=O) groups is 1. The van der Waals surface area contributed by atoms with Crippen LogP contribution < -0.4 is 4.90 Å². The maximum Gasteiger partial charge on any atom is 0.237 e. The van der Waals surface area contributed by atoms with Crippen molar-refractivity contribution in [2.24, 2.45) is 0 Å². The third-order valence-corrected chi connectivity index (χ3v) is 4.59. The molecular formula is C19H17FN2OS. The number of halogens is 1. The molecule has 1 heterocycles. The van der Waals surface area contributed by atoms with E-state index in [1.807, 2.05) is 43.3 Å². The average molecular weight is 340 g/mol. The van der Waals surface area contributed by atoms with Crippen molar-refractivity contribution in [2.45, 2.75) is 11.9 Å². The first-order chi connectivity index (χ1) is 11.7. The number of benzene rings is 2. The molecule has 1 amide bonds. The summed E-state index contributed by atoms with van der Waals surface area (Å²) < 4.78 is 13.0. The van der Waals surface area contributed by atoms with Crippen molar-refractivity contribution in [1.29, 1.82) is 0 Å². The van der Waals surface area contributed by atoms with Gasteiger partial charge in [-0.25, -0.2) is 9.37 Å². The molecule has 0 bridgehead atoms. The summed E-state index contributed by atoms with van der Waals surface area (Å²) >= 11 is 1.41. The minimum atomic E-state index is -0.308. The fraction of sp³-hybridized carbons (Fsp3) is 0.158. The van der Waals surface area contributed by atoms with Gasteiger partial charge in [-0.3, -0.25) is 4.79 Å². The number of amides is 1. The third-order valence-electron chi connectivity index (χ3n) is 3.67. The Balaban J connectivity index is 1.69. The van der Waals surface area contributed by atoms with Gasteiger partial charge >= 0.3 is 0 Å². The van der Waals surface area contributed by atoms with Gasteiger partial charge in [0, 0.05) is 17.6 Å². The number of rotatable bonds is 5. The Morgan fingerprint density at radius 2 is 1.83 bits per heavy atom. The Labute approximate surface area is 144 Å². The van der Waals surface area contributed by atoms with E-state index in [1.54, 1.807) is 17.0 Å². The zero-order valence-corrected chi connectivity index (χ0v) is 14.1. The highest BCUT2D eigenvalue weighted by atomic mass is 32.2. The second-order valence-electron chi connectivity index (χ2n) is 5.25. The smallest absolute Gasteiger partial charge is 0.237 e. The molecule has 3 nitrogen and oxygen atoms in total. The molecule has 0 aliphatic carbocycles. The molecule has 0 spiro atoms. The van der Waals surface area contributed by atoms with E-state index in [0.717, 1.165) is 15.9 Å². The maximum atomic E-state index is 13.0. The first kappa shape index (κ1) is 16.5. The molecule has 24 heavy (non-hydrogen) atoms. The van der Waals surface area contributed by atoms with Crippen LogP contribution in [0.2, 0.25) is 0 Å². The van der Waals surface area contributed by atoms with Gasteiger partial charge in [0.15, 0.2) is 0 Å². The van der Waals surface area contributed by atoms with Gasteiger partial charge < -0.3 is 4.90 Å². The van der Waals surface area contributed by atoms with Crippen LogP contribution >= 0.6 is 11.8 Å². The van der Waals surface area contributed by atoms with Crippen molar-refractivity contribution in [3.8, 4) is 0 Å². The van der Waals surface area contributed by atoms with Crippen LogP contribution in [0.4, 0.5) is 10.1 Å². The lowest BCUT2D eigenvalue weighted by Crippen LogP contribution is -2.32. The largest absolute Gasteiger partial charge is 0.312 e. The standard InChI is InChI=1S/C19H17FN2OS/c1-2-22(16-10-8-15(20)9-11-16)19(23)13-24-18-12-7-14-5-3-4-6-17(14)21-18/h3-12H,2,13H2,1H3. The predicted octanol–water partition coefficient (Wildman–Crippen LogP) is 4.52. The summed E-state index contributed by atoms with van der Waals surface area (Å²) in [6.45, 7) is 2.44. The van der Waals surface area contributed by atoms with Gasteiger partial charge in [-0.2, -0.15) is 0 Å². The molecule has 0 aliphatic heterocycles. The molecule has 5 heteroatoms. The Hall–Kier alpha value is -2.40. The van der Waals surface area contributed by atoms with E-state index in [2.05, 4.69) is 4.98 Å². The number of aromatic nitrogens is 1. The van der Waals surface area contributed by atoms with Crippen LogP contribution in [0.25, 0.3) is 10.9 Å². The maximum absolute atomic E-state index is 13.0. The van der Waals surface area contributed by atoms with E-state index >= 15 is 0 Å². The van der Waals surface area contributed by atoms with Gasteiger partial charge in [-0.05, 0) is 43.3 Å². The monoisotopic (exact) mass is 340 g/mol. The zero-order chi connectivity index (χ0) is 16.9. The number of hydrogen-bond acceptors (Lipinski definition) is 3. The second-order valence-corrected chi connectivity index (χ2v) is 6.24. The molecule has 3 aromatic rings. The fourth-order valence-electron chi connectivity index (χ4n) is 2.47. The molecule has 0 radical (unpaired) electrons. The summed E-state index contributed by atoms with van der Waals surface area (Å²) in [7, 11) is 0. The van der Waals surface area contributed by atoms with Gasteiger partial charge in [0.1, 0.15) is 5.82 Å². The van der Waals surface area contributed by atoms with Crippen LogP contribution in [0, 0.1) is 5.82 Å². The molecule has 0 N–H and O–H groups in total. The van der Waals surface area contributed by atoms with Crippen LogP contribution in [0.15, 0.2) is 65.7 Å². The highest BCUT2D eigenvalue weighted by Crippen LogP contribution is 2.22. The van der Waals surface area contributed by atoms with Crippen molar-refractivity contribution >= 4 is 34.3 Å². The molecule has 0 saturated heterocycles. The van der Waals surface area contributed by atoms with Crippen molar-refractivity contribution < 1.29 is 9.18 Å². The van der Waals surface area contributed by atoms with E-state index < -0.39 is 0 Å². The van der Waals surface area contributed by atoms with Gasteiger partial charge in [0.2, 0.25) is 5.91 Å². The van der Waals surface area contributed by atoms with Crippen molar-refractivity contribution in [1.82, 2.24) is 4.98 Å². The zero-order valence-electron chi connectivity index (χ0n) is 13.3. The minimum absolute atomic E-state index is 0.0240. The Kier molecular flexibility index (Phi) is 5.11. The number of thioether (sulfide) groups is 1. The van der Waals surface area contributed by atoms with Crippen LogP contribution in [0.3, 0.4) is 0 Å². The molecule has 3 rings (SSSR count). The predicted molar refractivity (Wildman–Crippen MR) is 96.9 cm³/mol. The van der Waals surface area contributed by atoms with E-state index in [9.17, 15) is 9.18 Å². The first-order valence-corrected chi connectivity index (χ1v) is 8.70. The lowest BCUT2D eigenvalue weighted by Gasteiger charge is -2.20. The summed E-state index contributed by atoms with van der Waals surface area (Å²) in [6, 6.07) is 17.8. The molecule has 122 valence electrons. The van der Waals surface area contributed by atoms with E-state index in [-0.39, 0.29) is 17.5 Å². The first-order valence-electron chi connectivity index (χ1n) is 7.72. The van der Waals surface area contributed by atoms with Crippen LogP contribution in [0.5, 0.6) is 0 Å². The second kappa shape index (κ2) is 7.45. The lowest BCUT2D eigenvalue weighted by atomic mass is 10.2. The molecule has 0 unspecified atom stereocenters. The number of hydrogen-bond donors (Lipinski definition) is 0. The summed E-state index contributed by atoms with van der Waals surface area (Å²) in [5, 5.41) is 1.90. The number of anilines is 1. The number of nitrogens with zero attached hydrogens (tertiary/aromatic N) is 2. The van der Waals surface area contributed by atoms with E-state index in [0.29, 0.717) is 12.2 Å².